The van der Waals surface area contributed by atoms with Gasteiger partial charge in [-0.25, -0.2) is 4.98 Å². The summed E-state index contributed by atoms with van der Waals surface area (Å²) in [5.74, 6) is 0. The molecule has 1 unspecified atom stereocenters. The van der Waals surface area contributed by atoms with Crippen molar-refractivity contribution in [2.45, 2.75) is 39.2 Å². The lowest BCUT2D eigenvalue weighted by atomic mass is 9.98. The van der Waals surface area contributed by atoms with E-state index in [1.807, 2.05) is 18.2 Å². The van der Waals surface area contributed by atoms with Crippen LogP contribution < -0.4 is 0 Å². The van der Waals surface area contributed by atoms with Gasteiger partial charge in [0.2, 0.25) is 0 Å². The standard InChI is InChI=1S/C13H17NOS/c1-8(15)9-5-6-11-10(7-9)14-12(16-11)13(2,3)4/h5-8,15H,1-4H3. The quantitative estimate of drug-likeness (QED) is 0.818. The number of hydrogen-bond donors (Lipinski definition) is 1. The van der Waals surface area contributed by atoms with E-state index in [9.17, 15) is 5.11 Å². The fourth-order valence-electron chi connectivity index (χ4n) is 1.53. The normalized spacial score (nSPS) is 14.3. The van der Waals surface area contributed by atoms with Gasteiger partial charge in [-0.2, -0.15) is 0 Å². The number of benzene rings is 1. The summed E-state index contributed by atoms with van der Waals surface area (Å²) in [5, 5.41) is 10.7. The van der Waals surface area contributed by atoms with Crippen molar-refractivity contribution in [2.75, 3.05) is 0 Å². The lowest BCUT2D eigenvalue weighted by Crippen LogP contribution is -2.09. The van der Waals surface area contributed by atoms with E-state index in [0.29, 0.717) is 0 Å². The monoisotopic (exact) mass is 235 g/mol. The van der Waals surface area contributed by atoms with Crippen molar-refractivity contribution in [3.05, 3.63) is 28.8 Å². The number of rotatable bonds is 1. The van der Waals surface area contributed by atoms with Crippen molar-refractivity contribution >= 4 is 21.6 Å². The van der Waals surface area contributed by atoms with Crippen molar-refractivity contribution in [3.63, 3.8) is 0 Å². The third-order valence-electron chi connectivity index (χ3n) is 2.54. The van der Waals surface area contributed by atoms with Gasteiger partial charge in [0, 0.05) is 5.41 Å². The molecule has 0 saturated carbocycles. The third kappa shape index (κ3) is 2.11. The van der Waals surface area contributed by atoms with Crippen LogP contribution in [0.2, 0.25) is 0 Å². The van der Waals surface area contributed by atoms with Gasteiger partial charge < -0.3 is 5.11 Å². The first-order valence-electron chi connectivity index (χ1n) is 5.47. The Morgan fingerprint density at radius 1 is 1.31 bits per heavy atom. The number of aliphatic hydroxyl groups excluding tert-OH is 1. The number of nitrogens with zero attached hydrogens (tertiary/aromatic N) is 1. The summed E-state index contributed by atoms with van der Waals surface area (Å²) in [6.45, 7) is 8.28. The number of fused-ring (bicyclic) bond motifs is 1. The minimum atomic E-state index is -0.427. The first-order valence-corrected chi connectivity index (χ1v) is 6.28. The van der Waals surface area contributed by atoms with Gasteiger partial charge in [0.25, 0.3) is 0 Å². The molecule has 1 aromatic heterocycles. The molecule has 86 valence electrons. The smallest absolute Gasteiger partial charge is 0.0992 e. The first kappa shape index (κ1) is 11.6. The highest BCUT2D eigenvalue weighted by Crippen LogP contribution is 2.32. The highest BCUT2D eigenvalue weighted by atomic mass is 32.1. The van der Waals surface area contributed by atoms with Gasteiger partial charge in [-0.15, -0.1) is 11.3 Å². The maximum absolute atomic E-state index is 9.53. The molecule has 3 heteroatoms. The minimum Gasteiger partial charge on any atom is -0.389 e. The SMILES string of the molecule is CC(O)c1ccc2sc(C(C)(C)C)nc2c1. The molecule has 1 aromatic carbocycles. The van der Waals surface area contributed by atoms with Crippen molar-refractivity contribution < 1.29 is 5.11 Å². The Hall–Kier alpha value is -0.930. The highest BCUT2D eigenvalue weighted by molar-refractivity contribution is 7.18. The zero-order valence-electron chi connectivity index (χ0n) is 10.1. The number of aromatic nitrogens is 1. The molecule has 16 heavy (non-hydrogen) atoms. The summed E-state index contributed by atoms with van der Waals surface area (Å²) >= 11 is 1.73. The number of aliphatic hydroxyl groups is 1. The molecule has 0 aliphatic heterocycles. The van der Waals surface area contributed by atoms with E-state index in [1.165, 1.54) is 4.70 Å². The van der Waals surface area contributed by atoms with Gasteiger partial charge in [-0.1, -0.05) is 26.8 Å². The zero-order chi connectivity index (χ0) is 11.9. The van der Waals surface area contributed by atoms with E-state index in [-0.39, 0.29) is 5.41 Å². The van der Waals surface area contributed by atoms with Gasteiger partial charge >= 0.3 is 0 Å². The van der Waals surface area contributed by atoms with Crippen LogP contribution >= 0.6 is 11.3 Å². The second kappa shape index (κ2) is 3.82. The van der Waals surface area contributed by atoms with Gasteiger partial charge in [0.1, 0.15) is 0 Å². The van der Waals surface area contributed by atoms with E-state index in [2.05, 4.69) is 25.8 Å². The molecule has 0 aliphatic carbocycles. The third-order valence-corrected chi connectivity index (χ3v) is 4.00. The van der Waals surface area contributed by atoms with Crippen LogP contribution in [0.4, 0.5) is 0 Å². The summed E-state index contributed by atoms with van der Waals surface area (Å²) in [7, 11) is 0. The van der Waals surface area contributed by atoms with Crippen molar-refractivity contribution in [1.29, 1.82) is 0 Å². The molecule has 1 N–H and O–H groups in total. The summed E-state index contributed by atoms with van der Waals surface area (Å²) in [5.41, 5.74) is 2.01. The van der Waals surface area contributed by atoms with Gasteiger partial charge in [0.15, 0.2) is 0 Å². The second-order valence-corrected chi connectivity index (χ2v) is 6.20. The summed E-state index contributed by atoms with van der Waals surface area (Å²) in [4.78, 5) is 4.63. The number of thiazole rings is 1. The van der Waals surface area contributed by atoms with Crippen LogP contribution in [0.5, 0.6) is 0 Å². The van der Waals surface area contributed by atoms with Gasteiger partial charge in [-0.3, -0.25) is 0 Å². The van der Waals surface area contributed by atoms with Crippen molar-refractivity contribution in [2.24, 2.45) is 0 Å². The second-order valence-electron chi connectivity index (χ2n) is 5.17. The van der Waals surface area contributed by atoms with Crippen molar-refractivity contribution in [1.82, 2.24) is 4.98 Å². The molecular weight excluding hydrogens is 218 g/mol. The lowest BCUT2D eigenvalue weighted by molar-refractivity contribution is 0.199. The maximum Gasteiger partial charge on any atom is 0.0992 e. The van der Waals surface area contributed by atoms with E-state index < -0.39 is 6.10 Å². The average Bonchev–Trinajstić information content (AvgIpc) is 2.58. The van der Waals surface area contributed by atoms with Crippen LogP contribution in [0.3, 0.4) is 0 Å². The van der Waals surface area contributed by atoms with Crippen molar-refractivity contribution in [3.8, 4) is 0 Å². The Labute approximate surface area is 100.0 Å². The fraction of sp³-hybridized carbons (Fsp3) is 0.462. The molecule has 0 saturated heterocycles. The molecule has 1 atom stereocenters. The average molecular weight is 235 g/mol. The molecule has 0 aliphatic rings. The van der Waals surface area contributed by atoms with Gasteiger partial charge in [0.05, 0.1) is 21.3 Å². The van der Waals surface area contributed by atoms with Crippen LogP contribution in [0.1, 0.15) is 44.4 Å². The molecule has 2 rings (SSSR count). The molecule has 1 heterocycles. The summed E-state index contributed by atoms with van der Waals surface area (Å²) in [6.07, 6.45) is -0.427. The van der Waals surface area contributed by atoms with Crippen LogP contribution in [0, 0.1) is 0 Å². The molecule has 0 bridgehead atoms. The fourth-order valence-corrected chi connectivity index (χ4v) is 2.53. The first-order chi connectivity index (χ1) is 7.38. The predicted octanol–water partition coefficient (Wildman–Crippen LogP) is 3.65. The largest absolute Gasteiger partial charge is 0.389 e. The van der Waals surface area contributed by atoms with E-state index in [1.54, 1.807) is 18.3 Å². The Morgan fingerprint density at radius 2 is 2.00 bits per heavy atom. The molecule has 0 spiro atoms. The molecule has 0 amide bonds. The van der Waals surface area contributed by atoms with E-state index >= 15 is 0 Å². The molecule has 0 fully saturated rings. The molecule has 0 radical (unpaired) electrons. The highest BCUT2D eigenvalue weighted by Gasteiger charge is 2.18. The predicted molar refractivity (Wildman–Crippen MR) is 69.0 cm³/mol. The van der Waals surface area contributed by atoms with E-state index in [4.69, 9.17) is 0 Å². The summed E-state index contributed by atoms with van der Waals surface area (Å²) in [6, 6.07) is 5.99. The van der Waals surface area contributed by atoms with Crippen LogP contribution in [-0.4, -0.2) is 10.1 Å². The Morgan fingerprint density at radius 3 is 2.56 bits per heavy atom. The lowest BCUT2D eigenvalue weighted by Gasteiger charge is -2.13. The zero-order valence-corrected chi connectivity index (χ0v) is 10.9. The van der Waals surface area contributed by atoms with Gasteiger partial charge in [-0.05, 0) is 24.6 Å². The Kier molecular flexibility index (Phi) is 2.76. The van der Waals surface area contributed by atoms with Crippen LogP contribution in [0.25, 0.3) is 10.2 Å². The minimum absolute atomic E-state index is 0.0919. The number of hydrogen-bond acceptors (Lipinski definition) is 3. The molecular formula is C13H17NOS. The molecule has 2 aromatic rings. The Bertz CT molecular complexity index is 508. The topological polar surface area (TPSA) is 33.1 Å². The Balaban J connectivity index is 2.54. The van der Waals surface area contributed by atoms with Crippen LogP contribution in [-0.2, 0) is 5.41 Å². The molecule has 2 nitrogen and oxygen atoms in total. The summed E-state index contributed by atoms with van der Waals surface area (Å²) < 4.78 is 1.19. The van der Waals surface area contributed by atoms with Crippen LogP contribution in [0.15, 0.2) is 18.2 Å². The van der Waals surface area contributed by atoms with E-state index in [0.717, 1.165) is 16.1 Å². The maximum atomic E-state index is 9.53.